The Morgan fingerprint density at radius 3 is 2.79 bits per heavy atom. The summed E-state index contributed by atoms with van der Waals surface area (Å²) in [6.07, 6.45) is 0.270. The lowest BCUT2D eigenvalue weighted by molar-refractivity contribution is -0.385. The van der Waals surface area contributed by atoms with Crippen LogP contribution in [-0.4, -0.2) is 35.3 Å². The molecule has 2 N–H and O–H groups in total. The van der Waals surface area contributed by atoms with E-state index in [-0.39, 0.29) is 18.0 Å². The highest BCUT2D eigenvalue weighted by Gasteiger charge is 2.15. The average Bonchev–Trinajstić information content (AvgIpc) is 2.42. The largest absolute Gasteiger partial charge is 0.484 e. The Bertz CT molecular complexity index is 411. The molecule has 1 aromatic rings. The number of nitrogens with zero attached hydrogens (tertiary/aromatic N) is 1. The molecule has 19 heavy (non-hydrogen) atoms. The van der Waals surface area contributed by atoms with E-state index in [0.29, 0.717) is 12.6 Å². The molecule has 1 aromatic carbocycles. The van der Waals surface area contributed by atoms with Gasteiger partial charge in [0.2, 0.25) is 0 Å². The summed E-state index contributed by atoms with van der Waals surface area (Å²) < 4.78 is 5.29. The summed E-state index contributed by atoms with van der Waals surface area (Å²) in [5.41, 5.74) is -0.0930. The second-order valence-corrected chi connectivity index (χ2v) is 4.41. The van der Waals surface area contributed by atoms with Gasteiger partial charge in [-0.3, -0.25) is 10.1 Å². The van der Waals surface area contributed by atoms with Crippen LogP contribution < -0.4 is 10.1 Å². The van der Waals surface area contributed by atoms with Gasteiger partial charge in [0, 0.05) is 18.7 Å². The molecule has 0 aliphatic heterocycles. The second kappa shape index (κ2) is 7.70. The number of ether oxygens (including phenoxy) is 1. The SMILES string of the molecule is CC[C@@H](C)NC[C@H](O)COc1ccccc1[N+](=O)[O-]. The number of benzene rings is 1. The van der Waals surface area contributed by atoms with Crippen LogP contribution in [0.3, 0.4) is 0 Å². The van der Waals surface area contributed by atoms with Gasteiger partial charge in [0.1, 0.15) is 12.7 Å². The number of nitrogens with one attached hydrogen (secondary N) is 1. The van der Waals surface area contributed by atoms with Gasteiger partial charge in [0.15, 0.2) is 5.75 Å². The minimum absolute atomic E-state index is 0.0221. The van der Waals surface area contributed by atoms with Gasteiger partial charge in [-0.15, -0.1) is 0 Å². The molecule has 106 valence electrons. The van der Waals surface area contributed by atoms with E-state index >= 15 is 0 Å². The lowest BCUT2D eigenvalue weighted by atomic mass is 10.2. The van der Waals surface area contributed by atoms with Crippen LogP contribution in [0.1, 0.15) is 20.3 Å². The van der Waals surface area contributed by atoms with Crippen molar-refractivity contribution in [3.8, 4) is 5.75 Å². The zero-order valence-corrected chi connectivity index (χ0v) is 11.2. The fourth-order valence-electron chi connectivity index (χ4n) is 1.46. The first kappa shape index (κ1) is 15.4. The van der Waals surface area contributed by atoms with E-state index in [4.69, 9.17) is 4.74 Å². The number of aliphatic hydroxyl groups is 1. The van der Waals surface area contributed by atoms with Crippen molar-refractivity contribution < 1.29 is 14.8 Å². The number of aliphatic hydroxyl groups excluding tert-OH is 1. The van der Waals surface area contributed by atoms with E-state index in [1.165, 1.54) is 12.1 Å². The summed E-state index contributed by atoms with van der Waals surface area (Å²) in [4.78, 5) is 10.3. The topological polar surface area (TPSA) is 84.6 Å². The monoisotopic (exact) mass is 268 g/mol. The molecule has 0 saturated carbocycles. The molecule has 0 saturated heterocycles. The predicted octanol–water partition coefficient (Wildman–Crippen LogP) is 1.72. The molecule has 6 nitrogen and oxygen atoms in total. The van der Waals surface area contributed by atoms with Gasteiger partial charge in [-0.2, -0.15) is 0 Å². The highest BCUT2D eigenvalue weighted by Crippen LogP contribution is 2.25. The van der Waals surface area contributed by atoms with E-state index in [9.17, 15) is 15.2 Å². The second-order valence-electron chi connectivity index (χ2n) is 4.41. The molecule has 0 aliphatic carbocycles. The van der Waals surface area contributed by atoms with Crippen LogP contribution in [0.2, 0.25) is 0 Å². The van der Waals surface area contributed by atoms with Crippen molar-refractivity contribution in [1.82, 2.24) is 5.32 Å². The molecule has 0 heterocycles. The highest BCUT2D eigenvalue weighted by atomic mass is 16.6. The summed E-state index contributed by atoms with van der Waals surface area (Å²) in [7, 11) is 0. The molecule has 0 aliphatic rings. The Labute approximate surface area is 112 Å². The summed E-state index contributed by atoms with van der Waals surface area (Å²) in [6, 6.07) is 6.45. The molecule has 6 heteroatoms. The Balaban J connectivity index is 2.46. The van der Waals surface area contributed by atoms with Crippen molar-refractivity contribution in [2.75, 3.05) is 13.2 Å². The summed E-state index contributed by atoms with van der Waals surface area (Å²) >= 11 is 0. The van der Waals surface area contributed by atoms with Crippen molar-refractivity contribution in [3.05, 3.63) is 34.4 Å². The van der Waals surface area contributed by atoms with Gasteiger partial charge in [0.25, 0.3) is 0 Å². The molecule has 0 radical (unpaired) electrons. The number of nitro benzene ring substituents is 1. The maximum Gasteiger partial charge on any atom is 0.310 e. The van der Waals surface area contributed by atoms with Gasteiger partial charge >= 0.3 is 5.69 Å². The van der Waals surface area contributed by atoms with Crippen LogP contribution in [0, 0.1) is 10.1 Å². The molecule has 0 bridgehead atoms. The van der Waals surface area contributed by atoms with Crippen molar-refractivity contribution >= 4 is 5.69 Å². The van der Waals surface area contributed by atoms with Gasteiger partial charge in [-0.05, 0) is 19.4 Å². The maximum absolute atomic E-state index is 10.8. The smallest absolute Gasteiger partial charge is 0.310 e. The van der Waals surface area contributed by atoms with Crippen LogP contribution in [0.15, 0.2) is 24.3 Å². The van der Waals surface area contributed by atoms with Crippen LogP contribution in [0.4, 0.5) is 5.69 Å². The first-order valence-electron chi connectivity index (χ1n) is 6.32. The predicted molar refractivity (Wildman–Crippen MR) is 72.4 cm³/mol. The Morgan fingerprint density at radius 2 is 2.16 bits per heavy atom. The van der Waals surface area contributed by atoms with Crippen LogP contribution in [0.25, 0.3) is 0 Å². The molecule has 0 fully saturated rings. The molecule has 1 rings (SSSR count). The number of hydrogen-bond acceptors (Lipinski definition) is 5. The Morgan fingerprint density at radius 1 is 1.47 bits per heavy atom. The number of nitro groups is 1. The maximum atomic E-state index is 10.8. The Hall–Kier alpha value is -1.66. The zero-order valence-electron chi connectivity index (χ0n) is 11.2. The normalized spacial score (nSPS) is 13.8. The van der Waals surface area contributed by atoms with Crippen molar-refractivity contribution in [1.29, 1.82) is 0 Å². The van der Waals surface area contributed by atoms with Crippen LogP contribution >= 0.6 is 0 Å². The molecule has 0 aromatic heterocycles. The molecular weight excluding hydrogens is 248 g/mol. The van der Waals surface area contributed by atoms with Gasteiger partial charge < -0.3 is 15.2 Å². The van der Waals surface area contributed by atoms with Crippen LogP contribution in [0.5, 0.6) is 5.75 Å². The lowest BCUT2D eigenvalue weighted by Gasteiger charge is -2.16. The summed E-state index contributed by atoms with van der Waals surface area (Å²) in [5.74, 6) is 0.176. The van der Waals surface area contributed by atoms with Gasteiger partial charge in [0.05, 0.1) is 4.92 Å². The van der Waals surface area contributed by atoms with E-state index in [1.807, 2.05) is 13.8 Å². The quantitative estimate of drug-likeness (QED) is 0.554. The first-order valence-corrected chi connectivity index (χ1v) is 6.32. The summed E-state index contributed by atoms with van der Waals surface area (Å²) in [6.45, 7) is 4.49. The molecule has 0 spiro atoms. The third-order valence-corrected chi connectivity index (χ3v) is 2.81. The number of para-hydroxylation sites is 2. The zero-order chi connectivity index (χ0) is 14.3. The van der Waals surface area contributed by atoms with Crippen molar-refractivity contribution in [3.63, 3.8) is 0 Å². The number of rotatable bonds is 8. The molecule has 2 atom stereocenters. The minimum atomic E-state index is -0.700. The standard InChI is InChI=1S/C13H20N2O4/c1-3-10(2)14-8-11(16)9-19-13-7-5-4-6-12(13)15(17)18/h4-7,10-11,14,16H,3,8-9H2,1-2H3/t10-,11+/m1/s1. The fraction of sp³-hybridized carbons (Fsp3) is 0.538. The minimum Gasteiger partial charge on any atom is -0.484 e. The van der Waals surface area contributed by atoms with Crippen LogP contribution in [-0.2, 0) is 0 Å². The van der Waals surface area contributed by atoms with E-state index in [0.717, 1.165) is 6.42 Å². The molecular formula is C13H20N2O4. The highest BCUT2D eigenvalue weighted by molar-refractivity contribution is 5.45. The first-order chi connectivity index (χ1) is 9.04. The van der Waals surface area contributed by atoms with E-state index in [2.05, 4.69) is 5.32 Å². The van der Waals surface area contributed by atoms with E-state index < -0.39 is 11.0 Å². The fourth-order valence-corrected chi connectivity index (χ4v) is 1.46. The average molecular weight is 268 g/mol. The van der Waals surface area contributed by atoms with Crippen molar-refractivity contribution in [2.45, 2.75) is 32.4 Å². The third kappa shape index (κ3) is 5.23. The van der Waals surface area contributed by atoms with Gasteiger partial charge in [-0.1, -0.05) is 19.1 Å². The van der Waals surface area contributed by atoms with Crippen molar-refractivity contribution in [2.24, 2.45) is 0 Å². The summed E-state index contributed by atoms with van der Waals surface area (Å²) in [5, 5.41) is 23.6. The lowest BCUT2D eigenvalue weighted by Crippen LogP contribution is -2.36. The molecule has 0 amide bonds. The van der Waals surface area contributed by atoms with Gasteiger partial charge in [-0.25, -0.2) is 0 Å². The third-order valence-electron chi connectivity index (χ3n) is 2.81. The molecule has 0 unspecified atom stereocenters. The number of hydrogen-bond donors (Lipinski definition) is 2. The van der Waals surface area contributed by atoms with E-state index in [1.54, 1.807) is 12.1 Å². The Kier molecular flexibility index (Phi) is 6.24.